The Morgan fingerprint density at radius 3 is 2.35 bits per heavy atom. The standard InChI is InChI=1S/C15H23NO/c1-2-13-3-5-14(6-4-13)15-7-9-16(10-8-15)11-12-17/h3-6,15,17H,2,7-12H2,1H3. The summed E-state index contributed by atoms with van der Waals surface area (Å²) in [4.78, 5) is 2.36. The molecule has 1 saturated heterocycles. The molecular weight excluding hydrogens is 210 g/mol. The molecule has 1 aromatic carbocycles. The highest BCUT2D eigenvalue weighted by Crippen LogP contribution is 2.27. The summed E-state index contributed by atoms with van der Waals surface area (Å²) in [7, 11) is 0. The molecule has 0 saturated carbocycles. The number of β-amino-alcohol motifs (C(OH)–C–C–N with tert-alkyl or cyclic N) is 1. The minimum absolute atomic E-state index is 0.288. The average Bonchev–Trinajstić information content (AvgIpc) is 2.40. The molecule has 94 valence electrons. The van der Waals surface area contributed by atoms with Crippen LogP contribution >= 0.6 is 0 Å². The molecule has 0 aliphatic carbocycles. The molecule has 0 bridgehead atoms. The normalized spacial score (nSPS) is 18.5. The second kappa shape index (κ2) is 6.18. The molecule has 1 fully saturated rings. The summed E-state index contributed by atoms with van der Waals surface area (Å²) in [6.45, 7) is 5.57. The van der Waals surface area contributed by atoms with Crippen LogP contribution in [0.15, 0.2) is 24.3 Å². The number of benzene rings is 1. The number of piperidine rings is 1. The molecule has 0 radical (unpaired) electrons. The summed E-state index contributed by atoms with van der Waals surface area (Å²) < 4.78 is 0. The van der Waals surface area contributed by atoms with Crippen molar-refractivity contribution in [3.8, 4) is 0 Å². The molecule has 1 aliphatic rings. The lowest BCUT2D eigenvalue weighted by Gasteiger charge is -2.31. The smallest absolute Gasteiger partial charge is 0.0558 e. The molecule has 1 heterocycles. The van der Waals surface area contributed by atoms with E-state index < -0.39 is 0 Å². The number of hydrogen-bond donors (Lipinski definition) is 1. The number of likely N-dealkylation sites (tertiary alicyclic amines) is 1. The van der Waals surface area contributed by atoms with Gasteiger partial charge in [0.25, 0.3) is 0 Å². The van der Waals surface area contributed by atoms with Gasteiger partial charge >= 0.3 is 0 Å². The van der Waals surface area contributed by atoms with Gasteiger partial charge in [0.05, 0.1) is 6.61 Å². The van der Waals surface area contributed by atoms with E-state index in [2.05, 4.69) is 36.1 Å². The van der Waals surface area contributed by atoms with Crippen LogP contribution in [0.2, 0.25) is 0 Å². The van der Waals surface area contributed by atoms with Crippen molar-refractivity contribution < 1.29 is 5.11 Å². The minimum Gasteiger partial charge on any atom is -0.395 e. The first-order valence-electron chi connectivity index (χ1n) is 6.75. The third-order valence-electron chi connectivity index (χ3n) is 3.86. The van der Waals surface area contributed by atoms with Crippen LogP contribution in [0.25, 0.3) is 0 Å². The quantitative estimate of drug-likeness (QED) is 0.863. The van der Waals surface area contributed by atoms with E-state index in [1.165, 1.54) is 24.0 Å². The molecular formula is C15H23NO. The van der Waals surface area contributed by atoms with Gasteiger partial charge in [0.2, 0.25) is 0 Å². The zero-order valence-corrected chi connectivity index (χ0v) is 10.7. The van der Waals surface area contributed by atoms with Crippen molar-refractivity contribution in [2.75, 3.05) is 26.2 Å². The number of aliphatic hydroxyl groups excluding tert-OH is 1. The molecule has 0 unspecified atom stereocenters. The van der Waals surface area contributed by atoms with E-state index in [-0.39, 0.29) is 6.61 Å². The van der Waals surface area contributed by atoms with Crippen LogP contribution in [0, 0.1) is 0 Å². The zero-order valence-electron chi connectivity index (χ0n) is 10.7. The Balaban J connectivity index is 1.91. The van der Waals surface area contributed by atoms with Crippen molar-refractivity contribution in [2.24, 2.45) is 0 Å². The molecule has 1 N–H and O–H groups in total. The number of aryl methyl sites for hydroxylation is 1. The second-order valence-corrected chi connectivity index (χ2v) is 4.93. The van der Waals surface area contributed by atoms with Gasteiger partial charge in [0, 0.05) is 6.54 Å². The lowest BCUT2D eigenvalue weighted by molar-refractivity contribution is 0.164. The highest BCUT2D eigenvalue weighted by Gasteiger charge is 2.19. The molecule has 0 spiro atoms. The van der Waals surface area contributed by atoms with Crippen LogP contribution in [-0.2, 0) is 6.42 Å². The van der Waals surface area contributed by atoms with E-state index in [9.17, 15) is 0 Å². The minimum atomic E-state index is 0.288. The van der Waals surface area contributed by atoms with Crippen molar-refractivity contribution in [1.82, 2.24) is 4.90 Å². The predicted octanol–water partition coefficient (Wildman–Crippen LogP) is 2.42. The highest BCUT2D eigenvalue weighted by atomic mass is 16.3. The zero-order chi connectivity index (χ0) is 12.1. The number of aliphatic hydroxyl groups is 1. The summed E-state index contributed by atoms with van der Waals surface area (Å²) in [5.74, 6) is 0.718. The Bertz CT molecular complexity index is 325. The van der Waals surface area contributed by atoms with Crippen LogP contribution in [0.1, 0.15) is 36.8 Å². The third kappa shape index (κ3) is 3.30. The lowest BCUT2D eigenvalue weighted by Crippen LogP contribution is -2.34. The largest absolute Gasteiger partial charge is 0.395 e. The number of rotatable bonds is 4. The molecule has 2 rings (SSSR count). The van der Waals surface area contributed by atoms with Crippen molar-refractivity contribution in [3.05, 3.63) is 35.4 Å². The topological polar surface area (TPSA) is 23.5 Å². The van der Waals surface area contributed by atoms with E-state index in [1.54, 1.807) is 0 Å². The number of nitrogens with zero attached hydrogens (tertiary/aromatic N) is 1. The van der Waals surface area contributed by atoms with Crippen molar-refractivity contribution in [1.29, 1.82) is 0 Å². The van der Waals surface area contributed by atoms with Gasteiger partial charge in [0.1, 0.15) is 0 Å². The molecule has 0 aromatic heterocycles. The lowest BCUT2D eigenvalue weighted by atomic mass is 9.89. The van der Waals surface area contributed by atoms with Gasteiger partial charge < -0.3 is 10.0 Å². The fourth-order valence-electron chi connectivity index (χ4n) is 2.66. The van der Waals surface area contributed by atoms with Gasteiger partial charge in [-0.3, -0.25) is 0 Å². The summed E-state index contributed by atoms with van der Waals surface area (Å²) in [5, 5.41) is 8.92. The van der Waals surface area contributed by atoms with Crippen LogP contribution in [0.5, 0.6) is 0 Å². The van der Waals surface area contributed by atoms with E-state index in [0.29, 0.717) is 0 Å². The second-order valence-electron chi connectivity index (χ2n) is 4.93. The highest BCUT2D eigenvalue weighted by molar-refractivity contribution is 5.25. The first-order chi connectivity index (χ1) is 8.33. The average molecular weight is 233 g/mol. The monoisotopic (exact) mass is 233 g/mol. The van der Waals surface area contributed by atoms with Crippen LogP contribution in [0.4, 0.5) is 0 Å². The SMILES string of the molecule is CCc1ccc(C2CCN(CCO)CC2)cc1. The molecule has 17 heavy (non-hydrogen) atoms. The molecule has 2 nitrogen and oxygen atoms in total. The Kier molecular flexibility index (Phi) is 4.57. The van der Waals surface area contributed by atoms with Gasteiger partial charge in [0.15, 0.2) is 0 Å². The third-order valence-corrected chi connectivity index (χ3v) is 3.86. The van der Waals surface area contributed by atoms with E-state index >= 15 is 0 Å². The van der Waals surface area contributed by atoms with Crippen molar-refractivity contribution in [2.45, 2.75) is 32.1 Å². The Hall–Kier alpha value is -0.860. The molecule has 1 aromatic rings. The maximum atomic E-state index is 8.92. The Morgan fingerprint density at radius 2 is 1.82 bits per heavy atom. The fourth-order valence-corrected chi connectivity index (χ4v) is 2.66. The van der Waals surface area contributed by atoms with Gasteiger partial charge in [-0.2, -0.15) is 0 Å². The maximum absolute atomic E-state index is 8.92. The van der Waals surface area contributed by atoms with Crippen molar-refractivity contribution >= 4 is 0 Å². The van der Waals surface area contributed by atoms with Gasteiger partial charge in [-0.25, -0.2) is 0 Å². The summed E-state index contributed by atoms with van der Waals surface area (Å²) in [6, 6.07) is 9.11. The predicted molar refractivity (Wildman–Crippen MR) is 71.3 cm³/mol. The Morgan fingerprint density at radius 1 is 1.18 bits per heavy atom. The van der Waals surface area contributed by atoms with Crippen LogP contribution in [-0.4, -0.2) is 36.2 Å². The molecule has 0 atom stereocenters. The first kappa shape index (κ1) is 12.6. The number of hydrogen-bond acceptors (Lipinski definition) is 2. The van der Waals surface area contributed by atoms with E-state index in [0.717, 1.165) is 32.0 Å². The molecule has 0 amide bonds. The van der Waals surface area contributed by atoms with Crippen LogP contribution < -0.4 is 0 Å². The van der Waals surface area contributed by atoms with Gasteiger partial charge in [-0.1, -0.05) is 31.2 Å². The summed E-state index contributed by atoms with van der Waals surface area (Å²) in [6.07, 6.45) is 3.58. The van der Waals surface area contributed by atoms with E-state index in [1.807, 2.05) is 0 Å². The fraction of sp³-hybridized carbons (Fsp3) is 0.600. The summed E-state index contributed by atoms with van der Waals surface area (Å²) >= 11 is 0. The molecule has 1 aliphatic heterocycles. The Labute approximate surface area is 104 Å². The van der Waals surface area contributed by atoms with Gasteiger partial charge in [-0.15, -0.1) is 0 Å². The molecule has 2 heteroatoms. The van der Waals surface area contributed by atoms with Crippen LogP contribution in [0.3, 0.4) is 0 Å². The maximum Gasteiger partial charge on any atom is 0.0558 e. The van der Waals surface area contributed by atoms with Gasteiger partial charge in [-0.05, 0) is 49.4 Å². The first-order valence-corrected chi connectivity index (χ1v) is 6.75. The van der Waals surface area contributed by atoms with Crippen molar-refractivity contribution in [3.63, 3.8) is 0 Å². The van der Waals surface area contributed by atoms with E-state index in [4.69, 9.17) is 5.11 Å². The summed E-state index contributed by atoms with van der Waals surface area (Å²) in [5.41, 5.74) is 2.91.